The zero-order valence-corrected chi connectivity index (χ0v) is 7.96. The van der Waals surface area contributed by atoms with Crippen molar-refractivity contribution in [2.75, 3.05) is 20.1 Å². The highest BCUT2D eigenvalue weighted by Crippen LogP contribution is 2.09. The third-order valence-corrected chi connectivity index (χ3v) is 2.08. The summed E-state index contributed by atoms with van der Waals surface area (Å²) in [7, 11) is 1.99. The normalized spacial score (nSPS) is 13.5. The van der Waals surface area contributed by atoms with E-state index in [1.807, 2.05) is 7.05 Å². The molecule has 2 heteroatoms. The molecule has 0 aliphatic carbocycles. The maximum absolute atomic E-state index is 8.40. The second kappa shape index (κ2) is 5.15. The summed E-state index contributed by atoms with van der Waals surface area (Å²) < 4.78 is 0. The van der Waals surface area contributed by atoms with E-state index < -0.39 is 0 Å². The second-order valence-electron chi connectivity index (χ2n) is 3.58. The molecule has 0 rings (SSSR count). The molecule has 1 unspecified atom stereocenters. The van der Waals surface area contributed by atoms with Crippen LogP contribution < -0.4 is 0 Å². The van der Waals surface area contributed by atoms with Crippen LogP contribution in [0.15, 0.2) is 0 Å². The van der Waals surface area contributed by atoms with Gasteiger partial charge >= 0.3 is 0 Å². The Balaban J connectivity index is 3.58. The van der Waals surface area contributed by atoms with Crippen LogP contribution in [0.4, 0.5) is 0 Å². The molecule has 0 aromatic rings. The van der Waals surface area contributed by atoms with Gasteiger partial charge in [-0.2, -0.15) is 5.26 Å². The van der Waals surface area contributed by atoms with Gasteiger partial charge in [-0.3, -0.25) is 4.90 Å². The fourth-order valence-corrected chi connectivity index (χ4v) is 0.888. The molecule has 0 saturated heterocycles. The van der Waals surface area contributed by atoms with Crippen LogP contribution in [0, 0.1) is 23.2 Å². The number of nitriles is 1. The monoisotopic (exact) mass is 154 g/mol. The Morgan fingerprint density at radius 3 is 2.27 bits per heavy atom. The number of hydrogen-bond acceptors (Lipinski definition) is 2. The van der Waals surface area contributed by atoms with E-state index in [-0.39, 0.29) is 0 Å². The predicted octanol–water partition coefficient (Wildman–Crippen LogP) is 1.73. The van der Waals surface area contributed by atoms with Crippen LogP contribution >= 0.6 is 0 Å². The fraction of sp³-hybridized carbons (Fsp3) is 0.889. The summed E-state index contributed by atoms with van der Waals surface area (Å²) in [4.78, 5) is 2.06. The van der Waals surface area contributed by atoms with Crippen molar-refractivity contribution in [3.05, 3.63) is 0 Å². The highest BCUT2D eigenvalue weighted by atomic mass is 15.1. The van der Waals surface area contributed by atoms with Crippen LogP contribution in [0.2, 0.25) is 0 Å². The maximum Gasteiger partial charge on any atom is 0.0863 e. The molecule has 64 valence electrons. The van der Waals surface area contributed by atoms with Gasteiger partial charge in [0, 0.05) is 6.54 Å². The quantitative estimate of drug-likeness (QED) is 0.577. The van der Waals surface area contributed by atoms with Gasteiger partial charge < -0.3 is 0 Å². The molecule has 0 radical (unpaired) electrons. The zero-order chi connectivity index (χ0) is 8.85. The van der Waals surface area contributed by atoms with Crippen molar-refractivity contribution < 1.29 is 0 Å². The largest absolute Gasteiger partial charge is 0.293 e. The van der Waals surface area contributed by atoms with Gasteiger partial charge in [-0.25, -0.2) is 0 Å². The van der Waals surface area contributed by atoms with Crippen molar-refractivity contribution in [3.8, 4) is 6.07 Å². The van der Waals surface area contributed by atoms with Crippen molar-refractivity contribution in [1.29, 1.82) is 5.26 Å². The first-order valence-corrected chi connectivity index (χ1v) is 4.13. The van der Waals surface area contributed by atoms with Gasteiger partial charge in [0.2, 0.25) is 0 Å². The maximum atomic E-state index is 8.40. The van der Waals surface area contributed by atoms with Crippen LogP contribution in [0.5, 0.6) is 0 Å². The van der Waals surface area contributed by atoms with Gasteiger partial charge in [-0.1, -0.05) is 20.8 Å². The average molecular weight is 154 g/mol. The topological polar surface area (TPSA) is 27.0 Å². The fourth-order valence-electron chi connectivity index (χ4n) is 0.888. The molecule has 0 saturated carbocycles. The van der Waals surface area contributed by atoms with Crippen LogP contribution in [-0.4, -0.2) is 25.0 Å². The summed E-state index contributed by atoms with van der Waals surface area (Å²) in [5, 5.41) is 8.40. The Bertz CT molecular complexity index is 135. The lowest BCUT2D eigenvalue weighted by atomic mass is 9.98. The van der Waals surface area contributed by atoms with Crippen molar-refractivity contribution in [2.24, 2.45) is 11.8 Å². The third kappa shape index (κ3) is 4.80. The summed E-state index contributed by atoms with van der Waals surface area (Å²) in [5.74, 6) is 1.38. The van der Waals surface area contributed by atoms with Crippen molar-refractivity contribution in [3.63, 3.8) is 0 Å². The Labute approximate surface area is 69.8 Å². The Hall–Kier alpha value is -0.550. The first kappa shape index (κ1) is 10.4. The third-order valence-electron chi connectivity index (χ3n) is 2.08. The van der Waals surface area contributed by atoms with Crippen LogP contribution in [0.3, 0.4) is 0 Å². The summed E-state index contributed by atoms with van der Waals surface area (Å²) in [6.07, 6.45) is 0. The molecular formula is C9H18N2. The van der Waals surface area contributed by atoms with Crippen molar-refractivity contribution in [1.82, 2.24) is 4.90 Å². The van der Waals surface area contributed by atoms with Gasteiger partial charge in [0.15, 0.2) is 0 Å². The van der Waals surface area contributed by atoms with Gasteiger partial charge in [0.1, 0.15) is 0 Å². The minimum Gasteiger partial charge on any atom is -0.293 e. The van der Waals surface area contributed by atoms with Crippen LogP contribution in [0.1, 0.15) is 20.8 Å². The van der Waals surface area contributed by atoms with Gasteiger partial charge in [-0.05, 0) is 18.9 Å². The highest BCUT2D eigenvalue weighted by Gasteiger charge is 2.08. The van der Waals surface area contributed by atoms with E-state index >= 15 is 0 Å². The molecule has 0 aromatic carbocycles. The molecule has 0 spiro atoms. The highest BCUT2D eigenvalue weighted by molar-refractivity contribution is 4.75. The van der Waals surface area contributed by atoms with E-state index in [1.165, 1.54) is 0 Å². The molecule has 0 aromatic heterocycles. The first-order chi connectivity index (χ1) is 5.07. The molecule has 2 nitrogen and oxygen atoms in total. The first-order valence-electron chi connectivity index (χ1n) is 4.13. The van der Waals surface area contributed by atoms with E-state index in [0.29, 0.717) is 18.4 Å². The second-order valence-corrected chi connectivity index (χ2v) is 3.58. The Morgan fingerprint density at radius 1 is 1.36 bits per heavy atom. The Morgan fingerprint density at radius 2 is 1.91 bits per heavy atom. The average Bonchev–Trinajstić information content (AvgIpc) is 1.87. The van der Waals surface area contributed by atoms with Crippen LogP contribution in [0.25, 0.3) is 0 Å². The molecule has 0 bridgehead atoms. The molecule has 0 N–H and O–H groups in total. The summed E-state index contributed by atoms with van der Waals surface area (Å²) >= 11 is 0. The SMILES string of the molecule is CC(C)C(C)CN(C)CC#N. The number of rotatable bonds is 4. The van der Waals surface area contributed by atoms with Crippen molar-refractivity contribution >= 4 is 0 Å². The molecule has 0 fully saturated rings. The zero-order valence-electron chi connectivity index (χ0n) is 7.96. The summed E-state index contributed by atoms with van der Waals surface area (Å²) in [6.45, 7) is 8.20. The minimum absolute atomic E-state index is 0.539. The molecule has 0 amide bonds. The molecule has 0 aliphatic rings. The summed E-state index contributed by atoms with van der Waals surface area (Å²) in [5.41, 5.74) is 0. The lowest BCUT2D eigenvalue weighted by Gasteiger charge is -2.21. The van der Waals surface area contributed by atoms with Gasteiger partial charge in [0.25, 0.3) is 0 Å². The molecule has 0 heterocycles. The minimum atomic E-state index is 0.539. The number of nitrogens with zero attached hydrogens (tertiary/aromatic N) is 2. The van der Waals surface area contributed by atoms with E-state index in [9.17, 15) is 0 Å². The van der Waals surface area contributed by atoms with E-state index in [2.05, 4.69) is 31.7 Å². The lowest BCUT2D eigenvalue weighted by molar-refractivity contribution is 0.270. The molecule has 0 aliphatic heterocycles. The molecule has 11 heavy (non-hydrogen) atoms. The van der Waals surface area contributed by atoms with Gasteiger partial charge in [0.05, 0.1) is 12.6 Å². The van der Waals surface area contributed by atoms with E-state index in [0.717, 1.165) is 6.54 Å². The smallest absolute Gasteiger partial charge is 0.0863 e. The van der Waals surface area contributed by atoms with Crippen LogP contribution in [-0.2, 0) is 0 Å². The Kier molecular flexibility index (Phi) is 4.89. The summed E-state index contributed by atoms with van der Waals surface area (Å²) in [6, 6.07) is 2.14. The van der Waals surface area contributed by atoms with Gasteiger partial charge in [-0.15, -0.1) is 0 Å². The number of hydrogen-bond donors (Lipinski definition) is 0. The lowest BCUT2D eigenvalue weighted by Crippen LogP contribution is -2.27. The standard InChI is InChI=1S/C9H18N2/c1-8(2)9(3)7-11(4)6-5-10/h8-9H,6-7H2,1-4H3. The van der Waals surface area contributed by atoms with Crippen molar-refractivity contribution in [2.45, 2.75) is 20.8 Å². The van der Waals surface area contributed by atoms with E-state index in [4.69, 9.17) is 5.26 Å². The van der Waals surface area contributed by atoms with E-state index in [1.54, 1.807) is 0 Å². The predicted molar refractivity (Wildman–Crippen MR) is 47.1 cm³/mol. The molecule has 1 atom stereocenters. The molecular weight excluding hydrogens is 136 g/mol.